The van der Waals surface area contributed by atoms with Gasteiger partial charge >= 0.3 is 0 Å². The third kappa shape index (κ3) is 7.88. The fourth-order valence-corrected chi connectivity index (χ4v) is 0.542. The van der Waals surface area contributed by atoms with Crippen molar-refractivity contribution in [3.63, 3.8) is 0 Å². The van der Waals surface area contributed by atoms with Crippen molar-refractivity contribution in [2.75, 3.05) is 40.3 Å². The van der Waals surface area contributed by atoms with E-state index < -0.39 is 0 Å². The molecule has 0 saturated heterocycles. The van der Waals surface area contributed by atoms with E-state index in [4.69, 9.17) is 5.11 Å². The van der Waals surface area contributed by atoms with Gasteiger partial charge < -0.3 is 15.3 Å². The van der Waals surface area contributed by atoms with Crippen molar-refractivity contribution in [3.8, 4) is 0 Å². The maximum Gasteiger partial charge on any atom is 0.0893 e. The van der Waals surface area contributed by atoms with Gasteiger partial charge in [0.15, 0.2) is 0 Å². The monoisotopic (exact) mass is 133 g/mol. The molecule has 0 bridgehead atoms. The molecule has 0 unspecified atom stereocenters. The minimum absolute atomic E-state index is 0.239. The normalized spacial score (nSPS) is 10.7. The third-order valence-electron chi connectivity index (χ3n) is 1.09. The minimum atomic E-state index is 0.239. The Morgan fingerprint density at radius 3 is 2.44 bits per heavy atom. The second kappa shape index (κ2) is 6.01. The van der Waals surface area contributed by atoms with Gasteiger partial charge in [-0.25, -0.2) is 0 Å². The van der Waals surface area contributed by atoms with E-state index >= 15 is 0 Å². The molecule has 0 aliphatic carbocycles. The van der Waals surface area contributed by atoms with E-state index in [9.17, 15) is 0 Å². The Morgan fingerprint density at radius 1 is 1.33 bits per heavy atom. The SMILES string of the molecule is C[NH+](C)CCNCCO. The number of likely N-dealkylation sites (N-methyl/N-ethyl adjacent to an activating group) is 1. The van der Waals surface area contributed by atoms with Crippen molar-refractivity contribution in [1.29, 1.82) is 0 Å². The Morgan fingerprint density at radius 2 is 2.00 bits per heavy atom. The number of quaternary nitrogens is 1. The van der Waals surface area contributed by atoms with Crippen LogP contribution in [0.4, 0.5) is 0 Å². The molecule has 0 spiro atoms. The lowest BCUT2D eigenvalue weighted by Crippen LogP contribution is -3.06. The van der Waals surface area contributed by atoms with Gasteiger partial charge in [-0.05, 0) is 0 Å². The largest absolute Gasteiger partial charge is 0.395 e. The average molecular weight is 133 g/mol. The molecule has 0 aliphatic heterocycles. The standard InChI is InChI=1S/C6H16N2O/c1-8(2)5-3-7-4-6-9/h7,9H,3-6H2,1-2H3/p+1. The lowest BCUT2D eigenvalue weighted by Gasteiger charge is -2.06. The Labute approximate surface area is 56.7 Å². The first-order chi connectivity index (χ1) is 4.27. The van der Waals surface area contributed by atoms with Crippen LogP contribution < -0.4 is 10.2 Å². The van der Waals surface area contributed by atoms with Gasteiger partial charge in [0.25, 0.3) is 0 Å². The van der Waals surface area contributed by atoms with Gasteiger partial charge in [0.05, 0.1) is 27.2 Å². The van der Waals surface area contributed by atoms with Crippen LogP contribution in [-0.4, -0.2) is 45.4 Å². The van der Waals surface area contributed by atoms with E-state index in [2.05, 4.69) is 19.4 Å². The molecule has 0 amide bonds. The highest BCUT2D eigenvalue weighted by molar-refractivity contribution is 4.40. The van der Waals surface area contributed by atoms with Gasteiger partial charge in [-0.2, -0.15) is 0 Å². The summed E-state index contributed by atoms with van der Waals surface area (Å²) in [5.41, 5.74) is 0. The Hall–Kier alpha value is -0.120. The summed E-state index contributed by atoms with van der Waals surface area (Å²) in [6.07, 6.45) is 0. The van der Waals surface area contributed by atoms with E-state index in [1.807, 2.05) is 0 Å². The molecule has 0 fully saturated rings. The number of hydrogen-bond donors (Lipinski definition) is 3. The van der Waals surface area contributed by atoms with Crippen molar-refractivity contribution >= 4 is 0 Å². The van der Waals surface area contributed by atoms with Crippen LogP contribution in [0.5, 0.6) is 0 Å². The summed E-state index contributed by atoms with van der Waals surface area (Å²) in [4.78, 5) is 1.43. The first kappa shape index (κ1) is 8.88. The number of aliphatic hydroxyl groups is 1. The fourth-order valence-electron chi connectivity index (χ4n) is 0.542. The Kier molecular flexibility index (Phi) is 5.93. The molecular weight excluding hydrogens is 116 g/mol. The second-order valence-electron chi connectivity index (χ2n) is 2.43. The van der Waals surface area contributed by atoms with E-state index in [1.54, 1.807) is 0 Å². The summed E-state index contributed by atoms with van der Waals surface area (Å²) in [5, 5.41) is 11.5. The predicted octanol–water partition coefficient (Wildman–Crippen LogP) is -2.29. The van der Waals surface area contributed by atoms with Gasteiger partial charge in [0.2, 0.25) is 0 Å². The van der Waals surface area contributed by atoms with Crippen LogP contribution in [0.15, 0.2) is 0 Å². The maximum absolute atomic E-state index is 8.36. The summed E-state index contributed by atoms with van der Waals surface area (Å²) >= 11 is 0. The predicted molar refractivity (Wildman–Crippen MR) is 37.6 cm³/mol. The highest BCUT2D eigenvalue weighted by Crippen LogP contribution is 1.52. The maximum atomic E-state index is 8.36. The fraction of sp³-hybridized carbons (Fsp3) is 1.00. The zero-order valence-electron chi connectivity index (χ0n) is 6.28. The van der Waals surface area contributed by atoms with Crippen LogP contribution in [-0.2, 0) is 0 Å². The quantitative estimate of drug-likeness (QED) is 0.369. The summed E-state index contributed by atoms with van der Waals surface area (Å²) in [6, 6.07) is 0. The number of hydrogen-bond acceptors (Lipinski definition) is 2. The van der Waals surface area contributed by atoms with Gasteiger partial charge in [0, 0.05) is 13.1 Å². The van der Waals surface area contributed by atoms with Gasteiger partial charge in [0.1, 0.15) is 0 Å². The van der Waals surface area contributed by atoms with Crippen molar-refractivity contribution in [2.24, 2.45) is 0 Å². The zero-order valence-corrected chi connectivity index (χ0v) is 6.28. The molecule has 0 saturated carbocycles. The summed E-state index contributed by atoms with van der Waals surface area (Å²) < 4.78 is 0. The molecule has 56 valence electrons. The molecule has 0 aromatic rings. The molecule has 0 heterocycles. The molecule has 3 nitrogen and oxygen atoms in total. The lowest BCUT2D eigenvalue weighted by atomic mass is 10.5. The van der Waals surface area contributed by atoms with E-state index in [-0.39, 0.29) is 6.61 Å². The van der Waals surface area contributed by atoms with Crippen LogP contribution in [0.1, 0.15) is 0 Å². The molecule has 3 heteroatoms. The van der Waals surface area contributed by atoms with Gasteiger partial charge in [-0.1, -0.05) is 0 Å². The smallest absolute Gasteiger partial charge is 0.0893 e. The third-order valence-corrected chi connectivity index (χ3v) is 1.09. The van der Waals surface area contributed by atoms with Crippen molar-refractivity contribution in [2.45, 2.75) is 0 Å². The van der Waals surface area contributed by atoms with Crippen molar-refractivity contribution in [3.05, 3.63) is 0 Å². The molecule has 0 radical (unpaired) electrons. The lowest BCUT2D eigenvalue weighted by molar-refractivity contribution is -0.856. The van der Waals surface area contributed by atoms with Crippen molar-refractivity contribution in [1.82, 2.24) is 5.32 Å². The zero-order chi connectivity index (χ0) is 7.11. The van der Waals surface area contributed by atoms with E-state index in [0.29, 0.717) is 6.54 Å². The molecule has 0 atom stereocenters. The highest BCUT2D eigenvalue weighted by Gasteiger charge is 1.89. The molecule has 0 rings (SSSR count). The van der Waals surface area contributed by atoms with Crippen LogP contribution in [0.2, 0.25) is 0 Å². The summed E-state index contributed by atoms with van der Waals surface area (Å²) in [7, 11) is 4.22. The summed E-state index contributed by atoms with van der Waals surface area (Å²) in [5.74, 6) is 0. The van der Waals surface area contributed by atoms with Crippen LogP contribution in [0.3, 0.4) is 0 Å². The van der Waals surface area contributed by atoms with Gasteiger partial charge in [-0.15, -0.1) is 0 Å². The van der Waals surface area contributed by atoms with Gasteiger partial charge in [-0.3, -0.25) is 0 Å². The van der Waals surface area contributed by atoms with E-state index in [1.165, 1.54) is 4.90 Å². The topological polar surface area (TPSA) is 36.7 Å². The first-order valence-corrected chi connectivity index (χ1v) is 3.38. The molecular formula is C6H17N2O+. The molecule has 3 N–H and O–H groups in total. The Balaban J connectivity index is 2.75. The van der Waals surface area contributed by atoms with Crippen LogP contribution >= 0.6 is 0 Å². The number of nitrogens with one attached hydrogen (secondary N) is 2. The average Bonchev–Trinajstić information content (AvgIpc) is 1.80. The minimum Gasteiger partial charge on any atom is -0.395 e. The molecule has 9 heavy (non-hydrogen) atoms. The van der Waals surface area contributed by atoms with Crippen molar-refractivity contribution < 1.29 is 10.0 Å². The second-order valence-corrected chi connectivity index (χ2v) is 2.43. The number of rotatable bonds is 5. The molecule has 0 aromatic carbocycles. The number of aliphatic hydroxyl groups excluding tert-OH is 1. The van der Waals surface area contributed by atoms with E-state index in [0.717, 1.165) is 13.1 Å². The van der Waals surface area contributed by atoms with Crippen LogP contribution in [0.25, 0.3) is 0 Å². The first-order valence-electron chi connectivity index (χ1n) is 3.38. The molecule has 0 aromatic heterocycles. The summed E-state index contributed by atoms with van der Waals surface area (Å²) in [6.45, 7) is 3.05. The molecule has 0 aliphatic rings. The van der Waals surface area contributed by atoms with Crippen LogP contribution in [0, 0.1) is 0 Å². The highest BCUT2D eigenvalue weighted by atomic mass is 16.3. The Bertz CT molecular complexity index is 57.0.